The molecule has 1 fully saturated rings. The van der Waals surface area contributed by atoms with E-state index in [1.807, 2.05) is 19.1 Å². The molecule has 168 valence electrons. The number of amides is 1. The SMILES string of the molecule is CCOc1cc(/C=C2/SC(=S)N([C@@H](CC)C(=O)O)C2=O)ccc1OCc1ccc(Cl)cc1. The molecule has 6 nitrogen and oxygen atoms in total. The molecule has 3 rings (SSSR count). The van der Waals surface area contributed by atoms with Crippen molar-refractivity contribution < 1.29 is 24.2 Å². The van der Waals surface area contributed by atoms with Crippen LogP contribution in [0.3, 0.4) is 0 Å². The molecule has 1 saturated heterocycles. The van der Waals surface area contributed by atoms with E-state index < -0.39 is 17.9 Å². The lowest BCUT2D eigenvalue weighted by atomic mass is 10.1. The lowest BCUT2D eigenvalue weighted by Gasteiger charge is -2.21. The summed E-state index contributed by atoms with van der Waals surface area (Å²) in [4.78, 5) is 25.8. The van der Waals surface area contributed by atoms with Gasteiger partial charge in [0, 0.05) is 5.02 Å². The fraction of sp³-hybridized carbons (Fsp3) is 0.261. The van der Waals surface area contributed by atoms with Crippen LogP contribution in [0.2, 0.25) is 5.02 Å². The van der Waals surface area contributed by atoms with Gasteiger partial charge in [-0.25, -0.2) is 4.79 Å². The Bertz CT molecular complexity index is 1050. The van der Waals surface area contributed by atoms with Crippen molar-refractivity contribution in [3.8, 4) is 11.5 Å². The van der Waals surface area contributed by atoms with E-state index in [9.17, 15) is 14.7 Å². The number of ether oxygens (including phenoxy) is 2. The minimum Gasteiger partial charge on any atom is -0.490 e. The number of thiocarbonyl (C=S) groups is 1. The minimum atomic E-state index is -1.08. The molecule has 0 aliphatic carbocycles. The Kier molecular flexibility index (Phi) is 8.17. The molecule has 1 heterocycles. The Labute approximate surface area is 201 Å². The number of halogens is 1. The largest absolute Gasteiger partial charge is 0.490 e. The van der Waals surface area contributed by atoms with Crippen LogP contribution in [0.1, 0.15) is 31.4 Å². The number of aliphatic carboxylic acids is 1. The first-order valence-electron chi connectivity index (χ1n) is 9.98. The number of rotatable bonds is 9. The molecule has 1 amide bonds. The van der Waals surface area contributed by atoms with Crippen LogP contribution in [0.25, 0.3) is 6.08 Å². The van der Waals surface area contributed by atoms with E-state index in [2.05, 4.69) is 0 Å². The van der Waals surface area contributed by atoms with Gasteiger partial charge in [-0.2, -0.15) is 0 Å². The molecule has 2 aromatic carbocycles. The zero-order valence-corrected chi connectivity index (χ0v) is 19.9. The first kappa shape index (κ1) is 24.1. The van der Waals surface area contributed by atoms with Crippen molar-refractivity contribution in [1.82, 2.24) is 4.90 Å². The molecule has 32 heavy (non-hydrogen) atoms. The molecular formula is C23H22ClNO5S2. The second kappa shape index (κ2) is 10.8. The average molecular weight is 492 g/mol. The Morgan fingerprint density at radius 2 is 1.91 bits per heavy atom. The number of nitrogens with zero attached hydrogens (tertiary/aromatic N) is 1. The minimum absolute atomic E-state index is 0.239. The zero-order chi connectivity index (χ0) is 23.3. The number of hydrogen-bond donors (Lipinski definition) is 1. The second-order valence-corrected chi connectivity index (χ2v) is 8.98. The summed E-state index contributed by atoms with van der Waals surface area (Å²) in [5.74, 6) is -0.368. The topological polar surface area (TPSA) is 76.1 Å². The van der Waals surface area contributed by atoms with Gasteiger partial charge in [0.05, 0.1) is 11.5 Å². The van der Waals surface area contributed by atoms with E-state index in [1.165, 1.54) is 4.90 Å². The van der Waals surface area contributed by atoms with Crippen molar-refractivity contribution in [3.63, 3.8) is 0 Å². The van der Waals surface area contributed by atoms with E-state index in [-0.39, 0.29) is 10.7 Å². The molecule has 0 aromatic heterocycles. The maximum atomic E-state index is 12.8. The van der Waals surface area contributed by atoms with Crippen molar-refractivity contribution in [2.75, 3.05) is 6.61 Å². The summed E-state index contributed by atoms with van der Waals surface area (Å²) in [6.07, 6.45) is 1.95. The van der Waals surface area contributed by atoms with Crippen molar-refractivity contribution in [2.45, 2.75) is 32.9 Å². The van der Waals surface area contributed by atoms with Crippen LogP contribution in [-0.4, -0.2) is 38.9 Å². The van der Waals surface area contributed by atoms with E-state index in [1.54, 1.807) is 43.3 Å². The predicted molar refractivity (Wildman–Crippen MR) is 130 cm³/mol. The van der Waals surface area contributed by atoms with E-state index in [4.69, 9.17) is 33.3 Å². The quantitative estimate of drug-likeness (QED) is 0.372. The highest BCUT2D eigenvalue weighted by Gasteiger charge is 2.39. The lowest BCUT2D eigenvalue weighted by Crippen LogP contribution is -2.43. The summed E-state index contributed by atoms with van der Waals surface area (Å²) in [5, 5.41) is 10.1. The highest BCUT2D eigenvalue weighted by Crippen LogP contribution is 2.36. The van der Waals surface area contributed by atoms with Crippen molar-refractivity contribution in [2.24, 2.45) is 0 Å². The Morgan fingerprint density at radius 1 is 1.19 bits per heavy atom. The van der Waals surface area contributed by atoms with Gasteiger partial charge in [0.2, 0.25) is 0 Å². The Hall–Kier alpha value is -2.55. The summed E-state index contributed by atoms with van der Waals surface area (Å²) in [7, 11) is 0. The molecule has 0 spiro atoms. The van der Waals surface area contributed by atoms with Crippen molar-refractivity contribution in [3.05, 3.63) is 63.5 Å². The van der Waals surface area contributed by atoms with E-state index >= 15 is 0 Å². The molecule has 0 saturated carbocycles. The molecule has 1 atom stereocenters. The smallest absolute Gasteiger partial charge is 0.326 e. The molecule has 0 radical (unpaired) electrons. The highest BCUT2D eigenvalue weighted by atomic mass is 35.5. The van der Waals surface area contributed by atoms with Gasteiger partial charge in [0.25, 0.3) is 5.91 Å². The van der Waals surface area contributed by atoms with Gasteiger partial charge in [0.1, 0.15) is 17.0 Å². The third-order valence-corrected chi connectivity index (χ3v) is 6.26. The van der Waals surface area contributed by atoms with Gasteiger partial charge in [-0.05, 0) is 54.8 Å². The van der Waals surface area contributed by atoms with E-state index in [0.29, 0.717) is 34.6 Å². The zero-order valence-electron chi connectivity index (χ0n) is 17.5. The monoisotopic (exact) mass is 491 g/mol. The highest BCUT2D eigenvalue weighted by molar-refractivity contribution is 8.26. The summed E-state index contributed by atoms with van der Waals surface area (Å²) in [6, 6.07) is 11.8. The predicted octanol–water partition coefficient (Wildman–Crippen LogP) is 5.38. The van der Waals surface area contributed by atoms with Crippen LogP contribution in [-0.2, 0) is 16.2 Å². The molecule has 1 aliphatic heterocycles. The molecule has 9 heteroatoms. The van der Waals surface area contributed by atoms with Gasteiger partial charge < -0.3 is 14.6 Å². The van der Waals surface area contributed by atoms with Crippen LogP contribution in [0.5, 0.6) is 11.5 Å². The number of thioether (sulfide) groups is 1. The third-order valence-electron chi connectivity index (χ3n) is 4.68. The van der Waals surface area contributed by atoms with Crippen LogP contribution in [0, 0.1) is 0 Å². The standard InChI is InChI=1S/C23H22ClNO5S2/c1-3-17(22(27)28)25-21(26)20(32-23(25)31)12-15-7-10-18(19(11-15)29-4-2)30-13-14-5-8-16(24)9-6-14/h5-12,17H,3-4,13H2,1-2H3,(H,27,28)/b20-12+/t17-/m0/s1. The first-order chi connectivity index (χ1) is 15.3. The molecular weight excluding hydrogens is 470 g/mol. The molecule has 2 aromatic rings. The maximum absolute atomic E-state index is 12.8. The number of carboxylic acids is 1. The van der Waals surface area contributed by atoms with Crippen LogP contribution >= 0.6 is 35.6 Å². The second-order valence-electron chi connectivity index (χ2n) is 6.87. The van der Waals surface area contributed by atoms with Crippen LogP contribution in [0.15, 0.2) is 47.4 Å². The summed E-state index contributed by atoms with van der Waals surface area (Å²) in [5.41, 5.74) is 1.68. The fourth-order valence-corrected chi connectivity index (χ4v) is 4.59. The number of carbonyl (C=O) groups excluding carboxylic acids is 1. The average Bonchev–Trinajstić information content (AvgIpc) is 3.03. The van der Waals surface area contributed by atoms with Gasteiger partial charge in [-0.1, -0.05) is 60.7 Å². The Morgan fingerprint density at radius 3 is 2.53 bits per heavy atom. The van der Waals surface area contributed by atoms with Crippen LogP contribution < -0.4 is 9.47 Å². The maximum Gasteiger partial charge on any atom is 0.326 e. The Balaban J connectivity index is 1.81. The fourth-order valence-electron chi connectivity index (χ4n) is 3.11. The third kappa shape index (κ3) is 5.62. The summed E-state index contributed by atoms with van der Waals surface area (Å²) in [6.45, 7) is 4.37. The number of benzene rings is 2. The normalized spacial score (nSPS) is 15.8. The van der Waals surface area contributed by atoms with Gasteiger partial charge in [-0.15, -0.1) is 0 Å². The summed E-state index contributed by atoms with van der Waals surface area (Å²) >= 11 is 12.3. The number of hydrogen-bond acceptors (Lipinski definition) is 6. The number of carbonyl (C=O) groups is 2. The first-order valence-corrected chi connectivity index (χ1v) is 11.6. The lowest BCUT2D eigenvalue weighted by molar-refractivity contribution is -0.145. The van der Waals surface area contributed by atoms with Gasteiger partial charge in [0.15, 0.2) is 11.5 Å². The van der Waals surface area contributed by atoms with Gasteiger partial charge >= 0.3 is 5.97 Å². The van der Waals surface area contributed by atoms with Crippen molar-refractivity contribution >= 4 is 57.9 Å². The number of carboxylic acid groups (broad SMARTS) is 1. The molecule has 1 aliphatic rings. The molecule has 1 N–H and O–H groups in total. The summed E-state index contributed by atoms with van der Waals surface area (Å²) < 4.78 is 11.9. The molecule has 0 bridgehead atoms. The molecule has 0 unspecified atom stereocenters. The van der Waals surface area contributed by atoms with E-state index in [0.717, 1.165) is 22.9 Å². The van der Waals surface area contributed by atoms with Crippen LogP contribution in [0.4, 0.5) is 0 Å². The van der Waals surface area contributed by atoms with Crippen molar-refractivity contribution in [1.29, 1.82) is 0 Å². The van der Waals surface area contributed by atoms with Gasteiger partial charge in [-0.3, -0.25) is 9.69 Å².